The molecule has 0 heterocycles. The van der Waals surface area contributed by atoms with Crippen LogP contribution in [0.15, 0.2) is 17.3 Å². The Kier molecular flexibility index (Phi) is 4.63. The molecule has 2 nitrogen and oxygen atoms in total. The molecule has 0 bridgehead atoms. The number of hydrogen-bond donors (Lipinski definition) is 1. The van der Waals surface area contributed by atoms with Gasteiger partial charge in [0, 0.05) is 11.8 Å². The van der Waals surface area contributed by atoms with Crippen LogP contribution in [0.5, 0.6) is 0 Å². The van der Waals surface area contributed by atoms with Crippen LogP contribution < -0.4 is 5.73 Å². The molecule has 0 aliphatic heterocycles. The Labute approximate surface area is 62.8 Å². The first kappa shape index (κ1) is 9.21. The van der Waals surface area contributed by atoms with Gasteiger partial charge in [0.2, 0.25) is 0 Å². The summed E-state index contributed by atoms with van der Waals surface area (Å²) in [5, 5.41) is 0. The van der Waals surface area contributed by atoms with E-state index in [4.69, 9.17) is 5.73 Å². The van der Waals surface area contributed by atoms with Crippen molar-refractivity contribution in [2.45, 2.75) is 33.2 Å². The summed E-state index contributed by atoms with van der Waals surface area (Å²) in [5.74, 6) is 0. The average molecular weight is 140 g/mol. The van der Waals surface area contributed by atoms with Gasteiger partial charge in [-0.3, -0.25) is 4.99 Å². The molecule has 0 saturated carbocycles. The summed E-state index contributed by atoms with van der Waals surface area (Å²) >= 11 is 0. The molecule has 0 unspecified atom stereocenters. The molecular formula is C8H16N2. The lowest BCUT2D eigenvalue weighted by Crippen LogP contribution is -1.98. The highest BCUT2D eigenvalue weighted by Gasteiger charge is 1.90. The van der Waals surface area contributed by atoms with Crippen molar-refractivity contribution in [2.24, 2.45) is 10.7 Å². The molecule has 10 heavy (non-hydrogen) atoms. The van der Waals surface area contributed by atoms with Gasteiger partial charge in [0.1, 0.15) is 0 Å². The van der Waals surface area contributed by atoms with Crippen molar-refractivity contribution >= 4 is 5.71 Å². The van der Waals surface area contributed by atoms with Gasteiger partial charge in [-0.15, -0.1) is 0 Å². The highest BCUT2D eigenvalue weighted by Crippen LogP contribution is 1.93. The van der Waals surface area contributed by atoms with Gasteiger partial charge in [0.25, 0.3) is 0 Å². The van der Waals surface area contributed by atoms with Crippen LogP contribution in [0.4, 0.5) is 0 Å². The summed E-state index contributed by atoms with van der Waals surface area (Å²) in [4.78, 5) is 4.34. The summed E-state index contributed by atoms with van der Waals surface area (Å²) in [6.07, 6.45) is 4.33. The highest BCUT2D eigenvalue weighted by atomic mass is 14.8. The fourth-order valence-electron chi connectivity index (χ4n) is 0.695. The topological polar surface area (TPSA) is 38.4 Å². The quantitative estimate of drug-likeness (QED) is 0.595. The Balaban J connectivity index is 4.04. The molecule has 58 valence electrons. The third-order valence-electron chi connectivity index (χ3n) is 1.07. The van der Waals surface area contributed by atoms with Gasteiger partial charge in [-0.2, -0.15) is 0 Å². The molecule has 0 fully saturated rings. The fraction of sp³-hybridized carbons (Fsp3) is 0.625. The molecule has 2 heteroatoms. The van der Waals surface area contributed by atoms with Crippen molar-refractivity contribution in [3.05, 3.63) is 12.3 Å². The van der Waals surface area contributed by atoms with E-state index in [1.807, 2.05) is 6.08 Å². The summed E-state index contributed by atoms with van der Waals surface area (Å²) in [6, 6.07) is 0.367. The fourth-order valence-corrected chi connectivity index (χ4v) is 0.695. The van der Waals surface area contributed by atoms with E-state index in [1.54, 1.807) is 0 Å². The molecular weight excluding hydrogens is 124 g/mol. The van der Waals surface area contributed by atoms with Gasteiger partial charge in [0.15, 0.2) is 0 Å². The van der Waals surface area contributed by atoms with Crippen molar-refractivity contribution in [1.82, 2.24) is 0 Å². The van der Waals surface area contributed by atoms with E-state index in [0.29, 0.717) is 6.04 Å². The third-order valence-corrected chi connectivity index (χ3v) is 1.07. The second-order valence-corrected chi connectivity index (χ2v) is 2.43. The molecule has 0 aliphatic carbocycles. The normalized spacial score (nSPS) is 13.4. The summed E-state index contributed by atoms with van der Waals surface area (Å²) in [7, 11) is 0. The van der Waals surface area contributed by atoms with Crippen LogP contribution in [0.2, 0.25) is 0 Å². The Morgan fingerprint density at radius 3 is 2.50 bits per heavy atom. The van der Waals surface area contributed by atoms with E-state index in [1.165, 1.54) is 6.20 Å². The van der Waals surface area contributed by atoms with Gasteiger partial charge in [-0.25, -0.2) is 0 Å². The van der Waals surface area contributed by atoms with Crippen molar-refractivity contribution in [3.8, 4) is 0 Å². The maximum atomic E-state index is 5.22. The van der Waals surface area contributed by atoms with Gasteiger partial charge >= 0.3 is 0 Å². The third kappa shape index (κ3) is 4.13. The second-order valence-electron chi connectivity index (χ2n) is 2.43. The van der Waals surface area contributed by atoms with E-state index in [9.17, 15) is 0 Å². The molecule has 0 radical (unpaired) electrons. The van der Waals surface area contributed by atoms with Crippen molar-refractivity contribution < 1.29 is 0 Å². The monoisotopic (exact) mass is 140 g/mol. The summed E-state index contributed by atoms with van der Waals surface area (Å²) in [6.45, 7) is 6.18. The summed E-state index contributed by atoms with van der Waals surface area (Å²) < 4.78 is 0. The molecule has 0 saturated heterocycles. The minimum atomic E-state index is 0.367. The average Bonchev–Trinajstić information content (AvgIpc) is 1.86. The molecule has 0 aromatic heterocycles. The van der Waals surface area contributed by atoms with Crippen LogP contribution in [0.3, 0.4) is 0 Å². The van der Waals surface area contributed by atoms with Crippen molar-refractivity contribution in [2.75, 3.05) is 0 Å². The second kappa shape index (κ2) is 5.03. The molecule has 0 spiro atoms. The Hall–Kier alpha value is -0.790. The maximum absolute atomic E-state index is 5.22. The smallest absolute Gasteiger partial charge is 0.0446 e. The van der Waals surface area contributed by atoms with E-state index in [2.05, 4.69) is 25.8 Å². The highest BCUT2D eigenvalue weighted by molar-refractivity contribution is 5.94. The predicted molar refractivity (Wildman–Crippen MR) is 46.2 cm³/mol. The van der Waals surface area contributed by atoms with Gasteiger partial charge in [-0.1, -0.05) is 6.92 Å². The van der Waals surface area contributed by atoms with Crippen LogP contribution in [0, 0.1) is 0 Å². The Morgan fingerprint density at radius 2 is 2.20 bits per heavy atom. The Bertz CT molecular complexity index is 134. The molecule has 0 amide bonds. The number of nitrogens with zero attached hydrogens (tertiary/aromatic N) is 1. The van der Waals surface area contributed by atoms with Crippen molar-refractivity contribution in [1.29, 1.82) is 0 Å². The van der Waals surface area contributed by atoms with Crippen LogP contribution in [-0.4, -0.2) is 11.8 Å². The zero-order valence-electron chi connectivity index (χ0n) is 6.96. The van der Waals surface area contributed by atoms with Crippen molar-refractivity contribution in [3.63, 3.8) is 0 Å². The maximum Gasteiger partial charge on any atom is 0.0446 e. The van der Waals surface area contributed by atoms with Gasteiger partial charge in [-0.05, 0) is 32.5 Å². The molecule has 0 atom stereocenters. The van der Waals surface area contributed by atoms with Gasteiger partial charge in [0.05, 0.1) is 0 Å². The zero-order valence-corrected chi connectivity index (χ0v) is 6.96. The first-order chi connectivity index (χ1) is 4.70. The predicted octanol–water partition coefficient (Wildman–Crippen LogP) is 1.72. The minimum Gasteiger partial charge on any atom is -0.405 e. The number of rotatable bonds is 3. The van der Waals surface area contributed by atoms with Crippen LogP contribution >= 0.6 is 0 Å². The first-order valence-corrected chi connectivity index (χ1v) is 3.65. The number of hydrogen-bond acceptors (Lipinski definition) is 2. The van der Waals surface area contributed by atoms with E-state index in [-0.39, 0.29) is 0 Å². The molecule has 0 aromatic carbocycles. The van der Waals surface area contributed by atoms with Crippen LogP contribution in [0.25, 0.3) is 0 Å². The number of aliphatic imine (C=N–C) groups is 1. The number of nitrogens with two attached hydrogens (primary N) is 1. The van der Waals surface area contributed by atoms with E-state index in [0.717, 1.165) is 12.1 Å². The first-order valence-electron chi connectivity index (χ1n) is 3.65. The number of allylic oxidation sites excluding steroid dienone is 1. The largest absolute Gasteiger partial charge is 0.405 e. The SMILES string of the molecule is CCC(/C=C\N)=NC(C)C. The van der Waals surface area contributed by atoms with Crippen LogP contribution in [-0.2, 0) is 0 Å². The summed E-state index contributed by atoms with van der Waals surface area (Å²) in [5.41, 5.74) is 6.29. The van der Waals surface area contributed by atoms with E-state index >= 15 is 0 Å². The Morgan fingerprint density at radius 1 is 1.60 bits per heavy atom. The molecule has 0 aromatic rings. The van der Waals surface area contributed by atoms with Gasteiger partial charge < -0.3 is 5.73 Å². The van der Waals surface area contributed by atoms with Crippen LogP contribution in [0.1, 0.15) is 27.2 Å². The zero-order chi connectivity index (χ0) is 7.98. The lowest BCUT2D eigenvalue weighted by Gasteiger charge is -1.99. The molecule has 0 rings (SSSR count). The molecule has 0 aliphatic rings. The minimum absolute atomic E-state index is 0.367. The molecule has 2 N–H and O–H groups in total. The lowest BCUT2D eigenvalue weighted by molar-refractivity contribution is 0.832. The van der Waals surface area contributed by atoms with E-state index < -0.39 is 0 Å². The lowest BCUT2D eigenvalue weighted by atomic mass is 10.2. The standard InChI is InChI=1S/C8H16N2/c1-4-8(5-6-9)10-7(2)3/h5-7H,4,9H2,1-3H3/b6-5-,10-8?.